The molecule has 0 bridgehead atoms. The van der Waals surface area contributed by atoms with Crippen LogP contribution in [-0.4, -0.2) is 25.3 Å². The van der Waals surface area contributed by atoms with E-state index in [9.17, 15) is 4.79 Å². The van der Waals surface area contributed by atoms with Crippen molar-refractivity contribution in [2.75, 3.05) is 19.3 Å². The van der Waals surface area contributed by atoms with E-state index in [4.69, 9.17) is 0 Å². The van der Waals surface area contributed by atoms with Gasteiger partial charge in [-0.3, -0.25) is 4.79 Å². The zero-order chi connectivity index (χ0) is 11.4. The number of carbonyl (C=O) groups is 1. The summed E-state index contributed by atoms with van der Waals surface area (Å²) in [6.07, 6.45) is 2.06. The second-order valence-corrected chi connectivity index (χ2v) is 4.80. The molecular formula is C12H16N2OS. The lowest BCUT2D eigenvalue weighted by Crippen LogP contribution is -2.50. The number of rotatable bonds is 4. The molecule has 2 N–H and O–H groups in total. The number of hydrogen-bond donors (Lipinski definition) is 2. The number of carbonyl (C=O) groups excluding carboxylic acids is 1. The molecule has 0 aromatic heterocycles. The maximum Gasteiger partial charge on any atom is 0.225 e. The summed E-state index contributed by atoms with van der Waals surface area (Å²) in [6.45, 7) is 2.26. The zero-order valence-electron chi connectivity index (χ0n) is 9.32. The Morgan fingerprint density at radius 3 is 2.62 bits per heavy atom. The van der Waals surface area contributed by atoms with Crippen molar-refractivity contribution in [1.29, 1.82) is 0 Å². The fourth-order valence-corrected chi connectivity index (χ4v) is 1.96. The van der Waals surface area contributed by atoms with Gasteiger partial charge in [0.25, 0.3) is 0 Å². The van der Waals surface area contributed by atoms with Gasteiger partial charge in [-0.1, -0.05) is 12.1 Å². The maximum absolute atomic E-state index is 11.6. The molecule has 1 fully saturated rings. The van der Waals surface area contributed by atoms with Gasteiger partial charge in [0.1, 0.15) is 0 Å². The van der Waals surface area contributed by atoms with Crippen LogP contribution in [0.3, 0.4) is 0 Å². The summed E-state index contributed by atoms with van der Waals surface area (Å²) in [5.74, 6) is 0.332. The molecule has 0 spiro atoms. The third-order valence-electron chi connectivity index (χ3n) is 2.78. The summed E-state index contributed by atoms with van der Waals surface area (Å²) in [6, 6.07) is 8.28. The van der Waals surface area contributed by atoms with E-state index in [0.717, 1.165) is 18.7 Å². The summed E-state index contributed by atoms with van der Waals surface area (Å²) in [7, 11) is 0. The lowest BCUT2D eigenvalue weighted by Gasteiger charge is -2.25. The molecule has 86 valence electrons. The van der Waals surface area contributed by atoms with E-state index in [-0.39, 0.29) is 11.8 Å². The first kappa shape index (κ1) is 11.5. The third kappa shape index (κ3) is 2.77. The van der Waals surface area contributed by atoms with E-state index in [0.29, 0.717) is 6.54 Å². The van der Waals surface area contributed by atoms with Gasteiger partial charge in [-0.25, -0.2) is 0 Å². The molecule has 16 heavy (non-hydrogen) atoms. The highest BCUT2D eigenvalue weighted by Crippen LogP contribution is 2.14. The summed E-state index contributed by atoms with van der Waals surface area (Å²) >= 11 is 1.72. The highest BCUT2D eigenvalue weighted by atomic mass is 32.2. The second kappa shape index (κ2) is 5.37. The molecule has 1 aliphatic rings. The van der Waals surface area contributed by atoms with Gasteiger partial charge in [0.2, 0.25) is 5.91 Å². The molecule has 1 saturated heterocycles. The number of hydrogen-bond acceptors (Lipinski definition) is 3. The minimum atomic E-state index is 0.160. The molecule has 0 atom stereocenters. The van der Waals surface area contributed by atoms with Crippen LogP contribution in [0.5, 0.6) is 0 Å². The van der Waals surface area contributed by atoms with E-state index >= 15 is 0 Å². The number of benzene rings is 1. The van der Waals surface area contributed by atoms with Crippen LogP contribution in [0.1, 0.15) is 5.56 Å². The van der Waals surface area contributed by atoms with Crippen LogP contribution in [0.2, 0.25) is 0 Å². The first-order chi connectivity index (χ1) is 7.79. The van der Waals surface area contributed by atoms with Gasteiger partial charge in [0, 0.05) is 24.5 Å². The van der Waals surface area contributed by atoms with Crippen molar-refractivity contribution in [3.63, 3.8) is 0 Å². The van der Waals surface area contributed by atoms with Crippen molar-refractivity contribution in [3.8, 4) is 0 Å². The molecule has 1 amide bonds. The Labute approximate surface area is 100.0 Å². The van der Waals surface area contributed by atoms with Crippen molar-refractivity contribution in [1.82, 2.24) is 10.6 Å². The maximum atomic E-state index is 11.6. The normalized spacial score (nSPS) is 15.6. The summed E-state index contributed by atoms with van der Waals surface area (Å²) in [5.41, 5.74) is 1.15. The van der Waals surface area contributed by atoms with Gasteiger partial charge in [0.15, 0.2) is 0 Å². The Morgan fingerprint density at radius 1 is 1.44 bits per heavy atom. The molecule has 4 heteroatoms. The smallest absolute Gasteiger partial charge is 0.225 e. The SMILES string of the molecule is CSc1ccc(CNC(=O)C2CNC2)cc1. The fourth-order valence-electron chi connectivity index (χ4n) is 1.55. The fraction of sp³-hybridized carbons (Fsp3) is 0.417. The Morgan fingerprint density at radius 2 is 2.12 bits per heavy atom. The van der Waals surface area contributed by atoms with Crippen LogP contribution < -0.4 is 10.6 Å². The summed E-state index contributed by atoms with van der Waals surface area (Å²) in [4.78, 5) is 12.8. The molecule has 0 saturated carbocycles. The first-order valence-corrected chi connectivity index (χ1v) is 6.63. The Hall–Kier alpha value is -1.00. The molecule has 3 nitrogen and oxygen atoms in total. The molecular weight excluding hydrogens is 220 g/mol. The van der Waals surface area contributed by atoms with Gasteiger partial charge >= 0.3 is 0 Å². The number of nitrogens with one attached hydrogen (secondary N) is 2. The van der Waals surface area contributed by atoms with Gasteiger partial charge in [0.05, 0.1) is 5.92 Å². The largest absolute Gasteiger partial charge is 0.352 e. The molecule has 1 aromatic rings. The van der Waals surface area contributed by atoms with E-state index in [2.05, 4.69) is 41.2 Å². The van der Waals surface area contributed by atoms with Crippen molar-refractivity contribution in [3.05, 3.63) is 29.8 Å². The standard InChI is InChI=1S/C12H16N2OS/c1-16-11-4-2-9(3-5-11)6-14-12(15)10-7-13-8-10/h2-5,10,13H,6-8H2,1H3,(H,14,15). The molecule has 0 unspecified atom stereocenters. The first-order valence-electron chi connectivity index (χ1n) is 5.41. The van der Waals surface area contributed by atoms with E-state index in [1.165, 1.54) is 4.90 Å². The van der Waals surface area contributed by atoms with Crippen LogP contribution in [-0.2, 0) is 11.3 Å². The van der Waals surface area contributed by atoms with Crippen LogP contribution >= 0.6 is 11.8 Å². The Balaban J connectivity index is 1.81. The molecule has 1 heterocycles. The summed E-state index contributed by atoms with van der Waals surface area (Å²) in [5, 5.41) is 6.04. The minimum absolute atomic E-state index is 0.160. The summed E-state index contributed by atoms with van der Waals surface area (Å²) < 4.78 is 0. The monoisotopic (exact) mass is 236 g/mol. The van der Waals surface area contributed by atoms with Crippen molar-refractivity contribution >= 4 is 17.7 Å². The van der Waals surface area contributed by atoms with Gasteiger partial charge in [-0.2, -0.15) is 0 Å². The van der Waals surface area contributed by atoms with Gasteiger partial charge in [-0.15, -0.1) is 11.8 Å². The minimum Gasteiger partial charge on any atom is -0.352 e. The molecule has 0 radical (unpaired) electrons. The molecule has 2 rings (SSSR count). The van der Waals surface area contributed by atoms with Crippen molar-refractivity contribution < 1.29 is 4.79 Å². The van der Waals surface area contributed by atoms with Gasteiger partial charge < -0.3 is 10.6 Å². The van der Waals surface area contributed by atoms with E-state index in [1.807, 2.05) is 0 Å². The lowest BCUT2D eigenvalue weighted by molar-refractivity contribution is -0.126. The van der Waals surface area contributed by atoms with Crippen LogP contribution in [0.4, 0.5) is 0 Å². The van der Waals surface area contributed by atoms with Crippen molar-refractivity contribution in [2.24, 2.45) is 5.92 Å². The number of thioether (sulfide) groups is 1. The van der Waals surface area contributed by atoms with E-state index in [1.54, 1.807) is 11.8 Å². The predicted molar refractivity (Wildman–Crippen MR) is 66.4 cm³/mol. The lowest BCUT2D eigenvalue weighted by atomic mass is 10.0. The average Bonchev–Trinajstić information content (AvgIpc) is 2.25. The van der Waals surface area contributed by atoms with Crippen LogP contribution in [0, 0.1) is 5.92 Å². The second-order valence-electron chi connectivity index (χ2n) is 3.92. The van der Waals surface area contributed by atoms with E-state index < -0.39 is 0 Å². The highest BCUT2D eigenvalue weighted by Gasteiger charge is 2.24. The van der Waals surface area contributed by atoms with Gasteiger partial charge in [-0.05, 0) is 24.0 Å². The molecule has 1 aromatic carbocycles. The Kier molecular flexibility index (Phi) is 3.85. The average molecular weight is 236 g/mol. The van der Waals surface area contributed by atoms with Crippen LogP contribution in [0.25, 0.3) is 0 Å². The highest BCUT2D eigenvalue weighted by molar-refractivity contribution is 7.98. The quantitative estimate of drug-likeness (QED) is 0.773. The topological polar surface area (TPSA) is 41.1 Å². The number of amides is 1. The van der Waals surface area contributed by atoms with Crippen molar-refractivity contribution in [2.45, 2.75) is 11.4 Å². The third-order valence-corrected chi connectivity index (χ3v) is 3.52. The zero-order valence-corrected chi connectivity index (χ0v) is 10.1. The van der Waals surface area contributed by atoms with Crippen LogP contribution in [0.15, 0.2) is 29.2 Å². The molecule has 0 aliphatic carbocycles. The predicted octanol–water partition coefficient (Wildman–Crippen LogP) is 1.24. The Bertz CT molecular complexity index is 360. The molecule has 1 aliphatic heterocycles.